The Bertz CT molecular complexity index is 335. The normalized spacial score (nSPS) is 17.8. The van der Waals surface area contributed by atoms with E-state index in [9.17, 15) is 0 Å². The van der Waals surface area contributed by atoms with Crippen molar-refractivity contribution in [1.29, 1.82) is 0 Å². The zero-order valence-corrected chi connectivity index (χ0v) is 10.5. The van der Waals surface area contributed by atoms with E-state index in [2.05, 4.69) is 21.8 Å². The zero-order valence-electron chi connectivity index (χ0n) is 9.69. The van der Waals surface area contributed by atoms with Gasteiger partial charge in [0.2, 0.25) is 0 Å². The summed E-state index contributed by atoms with van der Waals surface area (Å²) in [4.78, 5) is 11.0. The second-order valence-corrected chi connectivity index (χ2v) is 4.61. The molecule has 16 heavy (non-hydrogen) atoms. The number of halogens is 1. The molecule has 0 amide bonds. The molecule has 0 atom stereocenters. The van der Waals surface area contributed by atoms with Crippen LogP contribution in [0.3, 0.4) is 0 Å². The molecule has 3 nitrogen and oxygen atoms in total. The fourth-order valence-corrected chi connectivity index (χ4v) is 2.31. The number of piperidine rings is 1. The lowest BCUT2D eigenvalue weighted by atomic mass is 9.94. The van der Waals surface area contributed by atoms with Gasteiger partial charge in [-0.25, -0.2) is 4.98 Å². The van der Waals surface area contributed by atoms with Gasteiger partial charge >= 0.3 is 0 Å². The molecule has 0 radical (unpaired) electrons. The molecule has 0 N–H and O–H groups in total. The van der Waals surface area contributed by atoms with Gasteiger partial charge in [-0.2, -0.15) is 0 Å². The Balaban J connectivity index is 2.02. The summed E-state index contributed by atoms with van der Waals surface area (Å²) in [7, 11) is 0. The van der Waals surface area contributed by atoms with Crippen molar-refractivity contribution in [1.82, 2.24) is 9.97 Å². The van der Waals surface area contributed by atoms with E-state index in [1.165, 1.54) is 19.3 Å². The van der Waals surface area contributed by atoms with Crippen molar-refractivity contribution in [3.8, 4) is 0 Å². The van der Waals surface area contributed by atoms with Crippen LogP contribution >= 0.6 is 11.6 Å². The third kappa shape index (κ3) is 2.64. The molecule has 1 aromatic rings. The molecule has 2 heterocycles. The molecule has 0 unspecified atom stereocenters. The molecular weight excluding hydrogens is 222 g/mol. The molecule has 0 aliphatic carbocycles. The maximum Gasteiger partial charge on any atom is 0.147 e. The predicted molar refractivity (Wildman–Crippen MR) is 66.8 cm³/mol. The predicted octanol–water partition coefficient (Wildman–Crippen LogP) is 2.84. The number of hydrogen-bond acceptors (Lipinski definition) is 3. The van der Waals surface area contributed by atoms with Gasteiger partial charge < -0.3 is 4.90 Å². The third-order valence-electron chi connectivity index (χ3n) is 3.32. The Morgan fingerprint density at radius 2 is 2.12 bits per heavy atom. The molecular formula is C12H18ClN3. The van der Waals surface area contributed by atoms with Crippen molar-refractivity contribution >= 4 is 17.4 Å². The molecule has 2 rings (SSSR count). The van der Waals surface area contributed by atoms with Gasteiger partial charge in [0.15, 0.2) is 0 Å². The minimum Gasteiger partial charge on any atom is -0.355 e. The lowest BCUT2D eigenvalue weighted by Gasteiger charge is -2.32. The van der Waals surface area contributed by atoms with Crippen LogP contribution in [-0.2, 0) is 5.88 Å². The van der Waals surface area contributed by atoms with E-state index < -0.39 is 0 Å². The van der Waals surface area contributed by atoms with Crippen molar-refractivity contribution in [2.45, 2.75) is 32.1 Å². The first-order valence-corrected chi connectivity index (χ1v) is 6.48. The molecule has 88 valence electrons. The highest BCUT2D eigenvalue weighted by Gasteiger charge is 2.18. The van der Waals surface area contributed by atoms with Gasteiger partial charge in [0.25, 0.3) is 0 Å². The van der Waals surface area contributed by atoms with E-state index in [4.69, 9.17) is 11.6 Å². The molecule has 1 fully saturated rings. The highest BCUT2D eigenvalue weighted by molar-refractivity contribution is 6.16. The molecule has 1 aliphatic rings. The van der Waals surface area contributed by atoms with Gasteiger partial charge in [-0.1, -0.05) is 13.3 Å². The Hall–Kier alpha value is -0.830. The summed E-state index contributed by atoms with van der Waals surface area (Å²) < 4.78 is 0. The van der Waals surface area contributed by atoms with E-state index in [-0.39, 0.29) is 0 Å². The average molecular weight is 240 g/mol. The number of alkyl halides is 1. The Morgan fingerprint density at radius 3 is 2.75 bits per heavy atom. The number of anilines is 1. The van der Waals surface area contributed by atoms with Gasteiger partial charge in [-0.3, -0.25) is 4.98 Å². The van der Waals surface area contributed by atoms with Crippen LogP contribution in [0.25, 0.3) is 0 Å². The number of nitrogens with zero attached hydrogens (tertiary/aromatic N) is 3. The largest absolute Gasteiger partial charge is 0.355 e. The van der Waals surface area contributed by atoms with E-state index in [0.717, 1.165) is 30.5 Å². The van der Waals surface area contributed by atoms with Crippen molar-refractivity contribution in [2.75, 3.05) is 18.0 Å². The van der Waals surface area contributed by atoms with Crippen LogP contribution in [0, 0.1) is 5.92 Å². The Labute approximate surface area is 102 Å². The summed E-state index contributed by atoms with van der Waals surface area (Å²) in [5.41, 5.74) is 0.858. The first-order valence-electron chi connectivity index (χ1n) is 5.95. The van der Waals surface area contributed by atoms with Gasteiger partial charge in [0.1, 0.15) is 5.82 Å². The first kappa shape index (κ1) is 11.6. The molecule has 0 saturated carbocycles. The molecule has 1 saturated heterocycles. The Morgan fingerprint density at radius 1 is 1.38 bits per heavy atom. The van der Waals surface area contributed by atoms with Gasteiger partial charge in [0.05, 0.1) is 17.8 Å². The highest BCUT2D eigenvalue weighted by Crippen LogP contribution is 2.23. The van der Waals surface area contributed by atoms with Gasteiger partial charge in [-0.15, -0.1) is 11.6 Å². The summed E-state index contributed by atoms with van der Waals surface area (Å²) in [6, 6.07) is 0. The van der Waals surface area contributed by atoms with E-state index in [0.29, 0.717) is 5.88 Å². The molecule has 0 aromatic carbocycles. The van der Waals surface area contributed by atoms with Crippen LogP contribution in [-0.4, -0.2) is 23.1 Å². The summed E-state index contributed by atoms with van der Waals surface area (Å²) in [5.74, 6) is 2.31. The quantitative estimate of drug-likeness (QED) is 0.760. The van der Waals surface area contributed by atoms with Crippen LogP contribution in [0.4, 0.5) is 5.82 Å². The first-order chi connectivity index (χ1) is 7.83. The molecule has 1 aromatic heterocycles. The molecule has 1 aliphatic heterocycles. The van der Waals surface area contributed by atoms with Crippen LogP contribution in [0.1, 0.15) is 31.9 Å². The smallest absolute Gasteiger partial charge is 0.147 e. The summed E-state index contributed by atoms with van der Waals surface area (Å²) in [6.07, 6.45) is 7.39. The summed E-state index contributed by atoms with van der Waals surface area (Å²) >= 11 is 5.76. The fraction of sp³-hybridized carbons (Fsp3) is 0.667. The van der Waals surface area contributed by atoms with E-state index in [1.54, 1.807) is 6.20 Å². The van der Waals surface area contributed by atoms with E-state index >= 15 is 0 Å². The van der Waals surface area contributed by atoms with Crippen LogP contribution in [0.5, 0.6) is 0 Å². The fourth-order valence-electron chi connectivity index (χ4n) is 2.18. The second-order valence-electron chi connectivity index (χ2n) is 4.34. The second kappa shape index (κ2) is 5.48. The average Bonchev–Trinajstić information content (AvgIpc) is 2.39. The topological polar surface area (TPSA) is 29.0 Å². The van der Waals surface area contributed by atoms with Crippen LogP contribution in [0.15, 0.2) is 12.4 Å². The van der Waals surface area contributed by atoms with Crippen LogP contribution < -0.4 is 4.90 Å². The minimum atomic E-state index is 0.437. The van der Waals surface area contributed by atoms with Crippen LogP contribution in [0.2, 0.25) is 0 Å². The number of hydrogen-bond donors (Lipinski definition) is 0. The minimum absolute atomic E-state index is 0.437. The third-order valence-corrected chi connectivity index (χ3v) is 3.60. The summed E-state index contributed by atoms with van der Waals surface area (Å²) in [6.45, 7) is 4.46. The van der Waals surface area contributed by atoms with Crippen molar-refractivity contribution in [2.24, 2.45) is 5.92 Å². The maximum absolute atomic E-state index is 5.76. The molecule has 0 spiro atoms. The van der Waals surface area contributed by atoms with Gasteiger partial charge in [0, 0.05) is 19.3 Å². The maximum atomic E-state index is 5.76. The zero-order chi connectivity index (χ0) is 11.4. The number of rotatable bonds is 3. The summed E-state index contributed by atoms with van der Waals surface area (Å²) in [5, 5.41) is 0. The van der Waals surface area contributed by atoms with Crippen molar-refractivity contribution < 1.29 is 0 Å². The molecule has 4 heteroatoms. The molecule has 0 bridgehead atoms. The van der Waals surface area contributed by atoms with Crippen molar-refractivity contribution in [3.05, 3.63) is 18.1 Å². The van der Waals surface area contributed by atoms with Gasteiger partial charge in [-0.05, 0) is 18.8 Å². The monoisotopic (exact) mass is 239 g/mol. The standard InChI is InChI=1S/C12H18ClN3/c1-2-10-3-5-16(6-4-10)12-9-14-8-11(7-13)15-12/h8-10H,2-7H2,1H3. The lowest BCUT2D eigenvalue weighted by molar-refractivity contribution is 0.393. The van der Waals surface area contributed by atoms with E-state index in [1.807, 2.05) is 6.20 Å². The van der Waals surface area contributed by atoms with Crippen molar-refractivity contribution in [3.63, 3.8) is 0 Å². The Kier molecular flexibility index (Phi) is 3.99. The highest BCUT2D eigenvalue weighted by atomic mass is 35.5. The SMILES string of the molecule is CCC1CCN(c2cncc(CCl)n2)CC1. The lowest BCUT2D eigenvalue weighted by Crippen LogP contribution is -2.34. The number of aromatic nitrogens is 2.